The van der Waals surface area contributed by atoms with Crippen molar-refractivity contribution in [3.63, 3.8) is 0 Å². The molecule has 3 rings (SSSR count). The number of pyridine rings is 1. The van der Waals surface area contributed by atoms with E-state index in [0.717, 1.165) is 41.9 Å². The highest BCUT2D eigenvalue weighted by Crippen LogP contribution is 2.34. The van der Waals surface area contributed by atoms with Crippen molar-refractivity contribution in [2.24, 2.45) is 0 Å². The molecule has 1 aliphatic heterocycles. The average Bonchev–Trinajstić information content (AvgIpc) is 3.12. The van der Waals surface area contributed by atoms with Gasteiger partial charge in [0.2, 0.25) is 0 Å². The van der Waals surface area contributed by atoms with Gasteiger partial charge in [0.15, 0.2) is 0 Å². The average molecular weight is 299 g/mol. The number of likely N-dealkylation sites (tertiary alicyclic amines) is 1. The second kappa shape index (κ2) is 6.17. The number of aryl methyl sites for hydroxylation is 2. The Morgan fingerprint density at radius 2 is 2.18 bits per heavy atom. The van der Waals surface area contributed by atoms with Gasteiger partial charge in [-0.3, -0.25) is 10.1 Å². The van der Waals surface area contributed by atoms with Gasteiger partial charge in [-0.05, 0) is 44.4 Å². The van der Waals surface area contributed by atoms with E-state index >= 15 is 0 Å². The van der Waals surface area contributed by atoms with E-state index in [4.69, 9.17) is 0 Å². The number of H-pyrrole nitrogens is 1. The summed E-state index contributed by atoms with van der Waals surface area (Å²) in [7, 11) is 0. The maximum atomic E-state index is 12.5. The Bertz CT molecular complexity index is 632. The van der Waals surface area contributed by atoms with Gasteiger partial charge < -0.3 is 10.2 Å². The number of aromatic amines is 1. The van der Waals surface area contributed by atoms with E-state index in [1.54, 1.807) is 12.4 Å². The second-order valence-electron chi connectivity index (χ2n) is 5.71. The Hall–Kier alpha value is -2.37. The first-order valence-electron chi connectivity index (χ1n) is 7.61. The monoisotopic (exact) mass is 299 g/mol. The molecule has 0 saturated carbocycles. The molecule has 116 valence electrons. The third-order valence-corrected chi connectivity index (χ3v) is 4.23. The van der Waals surface area contributed by atoms with Gasteiger partial charge in [0.25, 0.3) is 0 Å². The van der Waals surface area contributed by atoms with Crippen LogP contribution < -0.4 is 5.32 Å². The van der Waals surface area contributed by atoms with Crippen molar-refractivity contribution in [3.05, 3.63) is 47.0 Å². The fraction of sp³-hybridized carbons (Fsp3) is 0.438. The quantitative estimate of drug-likeness (QED) is 0.914. The Morgan fingerprint density at radius 3 is 2.86 bits per heavy atom. The van der Waals surface area contributed by atoms with Gasteiger partial charge in [0.1, 0.15) is 0 Å². The molecule has 2 N–H and O–H groups in total. The van der Waals surface area contributed by atoms with Crippen LogP contribution >= 0.6 is 0 Å². The minimum Gasteiger partial charge on any atom is -0.334 e. The zero-order chi connectivity index (χ0) is 15.5. The predicted molar refractivity (Wildman–Crippen MR) is 83.2 cm³/mol. The van der Waals surface area contributed by atoms with Gasteiger partial charge in [0.05, 0.1) is 11.7 Å². The van der Waals surface area contributed by atoms with Crippen molar-refractivity contribution in [2.75, 3.05) is 6.54 Å². The molecular formula is C16H21N5O. The number of nitrogens with zero attached hydrogens (tertiary/aromatic N) is 3. The number of aromatic nitrogens is 3. The summed E-state index contributed by atoms with van der Waals surface area (Å²) in [6.45, 7) is 5.32. The number of hydrogen-bond acceptors (Lipinski definition) is 3. The summed E-state index contributed by atoms with van der Waals surface area (Å²) >= 11 is 0. The van der Waals surface area contributed by atoms with Gasteiger partial charge in [0, 0.05) is 36.7 Å². The minimum atomic E-state index is -0.0145. The summed E-state index contributed by atoms with van der Waals surface area (Å²) in [6, 6.07) is 3.92. The molecule has 0 spiro atoms. The van der Waals surface area contributed by atoms with E-state index in [-0.39, 0.29) is 12.1 Å². The first-order chi connectivity index (χ1) is 10.7. The van der Waals surface area contributed by atoms with Crippen LogP contribution in [0.4, 0.5) is 4.79 Å². The summed E-state index contributed by atoms with van der Waals surface area (Å²) in [6.07, 6.45) is 5.48. The summed E-state index contributed by atoms with van der Waals surface area (Å²) in [5, 5.41) is 10.3. The van der Waals surface area contributed by atoms with E-state index in [0.29, 0.717) is 6.54 Å². The summed E-state index contributed by atoms with van der Waals surface area (Å²) in [5.74, 6) is 0. The molecule has 1 atom stereocenters. The van der Waals surface area contributed by atoms with E-state index in [1.807, 2.05) is 30.9 Å². The van der Waals surface area contributed by atoms with Crippen molar-refractivity contribution in [2.45, 2.75) is 39.3 Å². The molecule has 1 aliphatic rings. The van der Waals surface area contributed by atoms with E-state index < -0.39 is 0 Å². The topological polar surface area (TPSA) is 73.9 Å². The Morgan fingerprint density at radius 1 is 1.41 bits per heavy atom. The molecule has 1 saturated heterocycles. The molecule has 1 fully saturated rings. The van der Waals surface area contributed by atoms with E-state index in [1.165, 1.54) is 0 Å². The molecule has 2 aromatic rings. The molecule has 2 amide bonds. The Balaban J connectivity index is 1.69. The Kier molecular flexibility index (Phi) is 4.09. The van der Waals surface area contributed by atoms with Crippen LogP contribution in [0.25, 0.3) is 0 Å². The third-order valence-electron chi connectivity index (χ3n) is 4.23. The number of carbonyl (C=O) groups is 1. The highest BCUT2D eigenvalue weighted by Gasteiger charge is 2.32. The standard InChI is InChI=1S/C16H21N5O/c1-11-15(12(2)20-19-11)14-4-3-9-21(14)16(22)18-10-13-5-7-17-8-6-13/h5-8,14H,3-4,9-10H2,1-2H3,(H,18,22)(H,19,20)/t14-/m1/s1. The number of nitrogens with one attached hydrogen (secondary N) is 2. The number of rotatable bonds is 3. The van der Waals surface area contributed by atoms with Gasteiger partial charge in [-0.1, -0.05) is 0 Å². The second-order valence-corrected chi connectivity index (χ2v) is 5.71. The summed E-state index contributed by atoms with van der Waals surface area (Å²) in [5.41, 5.74) is 4.25. The van der Waals surface area contributed by atoms with Crippen molar-refractivity contribution in [3.8, 4) is 0 Å². The first kappa shape index (κ1) is 14.6. The van der Waals surface area contributed by atoms with Crippen LogP contribution in [0, 0.1) is 13.8 Å². The minimum absolute atomic E-state index is 0.0145. The van der Waals surface area contributed by atoms with Gasteiger partial charge in [-0.25, -0.2) is 4.79 Å². The van der Waals surface area contributed by atoms with Crippen LogP contribution in [0.2, 0.25) is 0 Å². The molecule has 6 heteroatoms. The SMILES string of the molecule is Cc1n[nH]c(C)c1[C@H]1CCCN1C(=O)NCc1ccncc1. The number of urea groups is 1. The van der Waals surface area contributed by atoms with Crippen LogP contribution in [0.3, 0.4) is 0 Å². The summed E-state index contributed by atoms with van der Waals surface area (Å²) < 4.78 is 0. The normalized spacial score (nSPS) is 17.7. The maximum absolute atomic E-state index is 12.5. The molecule has 0 aromatic carbocycles. The zero-order valence-electron chi connectivity index (χ0n) is 13.0. The largest absolute Gasteiger partial charge is 0.334 e. The van der Waals surface area contributed by atoms with Gasteiger partial charge in [-0.15, -0.1) is 0 Å². The molecule has 2 aromatic heterocycles. The zero-order valence-corrected chi connectivity index (χ0v) is 13.0. The lowest BCUT2D eigenvalue weighted by Crippen LogP contribution is -2.39. The third kappa shape index (κ3) is 2.81. The van der Waals surface area contributed by atoms with Crippen LogP contribution in [0.5, 0.6) is 0 Å². The van der Waals surface area contributed by atoms with Crippen molar-refractivity contribution < 1.29 is 4.79 Å². The molecular weight excluding hydrogens is 278 g/mol. The first-order valence-corrected chi connectivity index (χ1v) is 7.61. The van der Waals surface area contributed by atoms with Crippen LogP contribution in [-0.4, -0.2) is 32.7 Å². The number of carbonyl (C=O) groups excluding carboxylic acids is 1. The molecule has 0 aliphatic carbocycles. The molecule has 0 radical (unpaired) electrons. The van der Waals surface area contributed by atoms with Gasteiger partial charge in [-0.2, -0.15) is 5.10 Å². The van der Waals surface area contributed by atoms with E-state index in [9.17, 15) is 4.79 Å². The fourth-order valence-electron chi connectivity index (χ4n) is 3.14. The van der Waals surface area contributed by atoms with Crippen LogP contribution in [-0.2, 0) is 6.54 Å². The highest BCUT2D eigenvalue weighted by atomic mass is 16.2. The smallest absolute Gasteiger partial charge is 0.318 e. The Labute approximate surface area is 129 Å². The van der Waals surface area contributed by atoms with Crippen molar-refractivity contribution in [1.82, 2.24) is 25.4 Å². The highest BCUT2D eigenvalue weighted by molar-refractivity contribution is 5.75. The molecule has 6 nitrogen and oxygen atoms in total. The predicted octanol–water partition coefficient (Wildman–Crippen LogP) is 2.47. The fourth-order valence-corrected chi connectivity index (χ4v) is 3.14. The van der Waals surface area contributed by atoms with E-state index in [2.05, 4.69) is 20.5 Å². The number of amides is 2. The van der Waals surface area contributed by atoms with Gasteiger partial charge >= 0.3 is 6.03 Å². The lowest BCUT2D eigenvalue weighted by Gasteiger charge is -2.25. The van der Waals surface area contributed by atoms with Crippen LogP contribution in [0.1, 0.15) is 41.4 Å². The lowest BCUT2D eigenvalue weighted by molar-refractivity contribution is 0.192. The lowest BCUT2D eigenvalue weighted by atomic mass is 10.0. The molecule has 22 heavy (non-hydrogen) atoms. The number of hydrogen-bond donors (Lipinski definition) is 2. The molecule has 3 heterocycles. The maximum Gasteiger partial charge on any atom is 0.318 e. The van der Waals surface area contributed by atoms with Crippen LogP contribution in [0.15, 0.2) is 24.5 Å². The molecule has 0 bridgehead atoms. The molecule has 0 unspecified atom stereocenters. The summed E-state index contributed by atoms with van der Waals surface area (Å²) in [4.78, 5) is 18.4. The van der Waals surface area contributed by atoms with Crippen molar-refractivity contribution >= 4 is 6.03 Å². The van der Waals surface area contributed by atoms with Crippen molar-refractivity contribution in [1.29, 1.82) is 0 Å².